The molecule has 2 heterocycles. The highest BCUT2D eigenvalue weighted by Crippen LogP contribution is 2.30. The lowest BCUT2D eigenvalue weighted by atomic mass is 10.1. The third-order valence-corrected chi connectivity index (χ3v) is 4.90. The molecule has 1 aliphatic rings. The van der Waals surface area contributed by atoms with Gasteiger partial charge in [-0.05, 0) is 48.7 Å². The summed E-state index contributed by atoms with van der Waals surface area (Å²) in [6.45, 7) is 1.12. The fourth-order valence-electron chi connectivity index (χ4n) is 3.21. The van der Waals surface area contributed by atoms with Crippen LogP contribution in [0.1, 0.15) is 35.2 Å². The third kappa shape index (κ3) is 5.07. The van der Waals surface area contributed by atoms with Gasteiger partial charge in [0.05, 0.1) is 6.33 Å². The van der Waals surface area contributed by atoms with Gasteiger partial charge in [0.25, 0.3) is 5.91 Å². The Hall–Kier alpha value is -3.48. The van der Waals surface area contributed by atoms with Crippen LogP contribution in [0.2, 0.25) is 0 Å². The van der Waals surface area contributed by atoms with Crippen molar-refractivity contribution in [3.63, 3.8) is 0 Å². The van der Waals surface area contributed by atoms with Gasteiger partial charge in [-0.1, -0.05) is 6.07 Å². The highest BCUT2D eigenvalue weighted by molar-refractivity contribution is 5.97. The normalized spacial score (nSPS) is 13.1. The number of pyridine rings is 1. The largest absolute Gasteiger partial charge is 0.337 e. The number of nitrogens with one attached hydrogen (secondary N) is 1. The van der Waals surface area contributed by atoms with E-state index in [1.165, 1.54) is 0 Å². The van der Waals surface area contributed by atoms with Gasteiger partial charge in [0.2, 0.25) is 5.91 Å². The van der Waals surface area contributed by atoms with E-state index in [4.69, 9.17) is 0 Å². The molecule has 0 radical (unpaired) electrons. The number of amides is 2. The molecule has 0 bridgehead atoms. The molecule has 1 fully saturated rings. The molecular formula is C22H23N5O2. The molecule has 4 rings (SSSR count). The predicted octanol–water partition coefficient (Wildman–Crippen LogP) is 3.11. The van der Waals surface area contributed by atoms with E-state index in [2.05, 4.69) is 15.3 Å². The Balaban J connectivity index is 1.41. The lowest BCUT2D eigenvalue weighted by molar-refractivity contribution is -0.116. The summed E-state index contributed by atoms with van der Waals surface area (Å²) >= 11 is 0. The fraction of sp³-hybridized carbons (Fsp3) is 0.273. The van der Waals surface area contributed by atoms with E-state index in [1.807, 2.05) is 27.8 Å². The molecule has 1 saturated carbocycles. The maximum absolute atomic E-state index is 13.1. The minimum atomic E-state index is -0.0980. The van der Waals surface area contributed by atoms with Crippen molar-refractivity contribution in [2.45, 2.75) is 38.4 Å². The van der Waals surface area contributed by atoms with Crippen molar-refractivity contribution in [3.8, 4) is 0 Å². The Bertz CT molecular complexity index is 968. The van der Waals surface area contributed by atoms with Crippen molar-refractivity contribution in [3.05, 3.63) is 78.6 Å². The van der Waals surface area contributed by atoms with Crippen molar-refractivity contribution in [2.75, 3.05) is 5.32 Å². The van der Waals surface area contributed by atoms with Crippen LogP contribution in [0.15, 0.2) is 67.5 Å². The van der Waals surface area contributed by atoms with Crippen molar-refractivity contribution >= 4 is 17.5 Å². The Kier molecular flexibility index (Phi) is 5.65. The zero-order valence-electron chi connectivity index (χ0n) is 16.1. The molecule has 0 atom stereocenters. The highest BCUT2D eigenvalue weighted by Gasteiger charge is 2.33. The number of rotatable bonds is 8. The molecule has 7 nitrogen and oxygen atoms in total. The Morgan fingerprint density at radius 2 is 1.93 bits per heavy atom. The van der Waals surface area contributed by atoms with Gasteiger partial charge in [0.1, 0.15) is 0 Å². The Labute approximate surface area is 169 Å². The molecule has 3 aromatic rings. The van der Waals surface area contributed by atoms with Gasteiger partial charge in [0.15, 0.2) is 0 Å². The molecule has 7 heteroatoms. The van der Waals surface area contributed by atoms with Gasteiger partial charge in [-0.3, -0.25) is 14.6 Å². The summed E-state index contributed by atoms with van der Waals surface area (Å²) in [5.41, 5.74) is 2.27. The summed E-state index contributed by atoms with van der Waals surface area (Å²) < 4.78 is 1.85. The first-order chi connectivity index (χ1) is 14.2. The first-order valence-corrected chi connectivity index (χ1v) is 9.74. The average Bonchev–Trinajstić information content (AvgIpc) is 3.45. The van der Waals surface area contributed by atoms with Crippen LogP contribution < -0.4 is 5.32 Å². The zero-order valence-corrected chi connectivity index (χ0v) is 16.1. The van der Waals surface area contributed by atoms with Crippen LogP contribution in [0.25, 0.3) is 0 Å². The lowest BCUT2D eigenvalue weighted by Gasteiger charge is -2.23. The minimum absolute atomic E-state index is 0.0150. The van der Waals surface area contributed by atoms with Crippen LogP contribution in [0.5, 0.6) is 0 Å². The first kappa shape index (κ1) is 18.9. The molecule has 2 amide bonds. The number of anilines is 1. The Morgan fingerprint density at radius 1 is 1.10 bits per heavy atom. The average molecular weight is 389 g/mol. The number of carbonyl (C=O) groups is 2. The molecule has 1 aromatic carbocycles. The quantitative estimate of drug-likeness (QED) is 0.642. The number of imidazole rings is 1. The van der Waals surface area contributed by atoms with Gasteiger partial charge in [-0.2, -0.15) is 0 Å². The summed E-state index contributed by atoms with van der Waals surface area (Å²) in [6, 6.07) is 11.3. The van der Waals surface area contributed by atoms with E-state index >= 15 is 0 Å². The second kappa shape index (κ2) is 8.68. The Morgan fingerprint density at radius 3 is 2.66 bits per heavy atom. The number of aryl methyl sites for hydroxylation is 1. The lowest BCUT2D eigenvalue weighted by Crippen LogP contribution is -2.32. The molecule has 1 aliphatic carbocycles. The number of nitrogens with zero attached hydrogens (tertiary/aromatic N) is 4. The smallest absolute Gasteiger partial charge is 0.254 e. The zero-order chi connectivity index (χ0) is 20.1. The summed E-state index contributed by atoms with van der Waals surface area (Å²) in [5.74, 6) is -0.113. The number of benzene rings is 1. The minimum Gasteiger partial charge on any atom is -0.337 e. The van der Waals surface area contributed by atoms with E-state index in [1.54, 1.807) is 49.2 Å². The molecule has 0 saturated heterocycles. The molecule has 0 unspecified atom stereocenters. The van der Waals surface area contributed by atoms with Crippen molar-refractivity contribution < 1.29 is 9.59 Å². The molecule has 29 heavy (non-hydrogen) atoms. The van der Waals surface area contributed by atoms with Crippen molar-refractivity contribution in [1.82, 2.24) is 19.4 Å². The van der Waals surface area contributed by atoms with E-state index in [0.717, 1.165) is 18.4 Å². The van der Waals surface area contributed by atoms with Crippen molar-refractivity contribution in [2.24, 2.45) is 0 Å². The predicted molar refractivity (Wildman–Crippen MR) is 109 cm³/mol. The van der Waals surface area contributed by atoms with Crippen LogP contribution in [-0.4, -0.2) is 37.3 Å². The molecule has 2 aromatic heterocycles. The molecule has 1 N–H and O–H groups in total. The number of hydrogen-bond donors (Lipinski definition) is 1. The fourth-order valence-corrected chi connectivity index (χ4v) is 3.21. The maximum Gasteiger partial charge on any atom is 0.254 e. The summed E-state index contributed by atoms with van der Waals surface area (Å²) in [4.78, 5) is 35.3. The van der Waals surface area contributed by atoms with Crippen molar-refractivity contribution in [1.29, 1.82) is 0 Å². The van der Waals surface area contributed by atoms with Crippen LogP contribution in [0.4, 0.5) is 5.69 Å². The second-order valence-electron chi connectivity index (χ2n) is 7.20. The molecule has 0 aliphatic heterocycles. The SMILES string of the molecule is O=C(CCn1ccnc1)Nc1cccc(C(=O)N(Cc2ccncc2)C2CC2)c1. The molecular weight excluding hydrogens is 366 g/mol. The van der Waals surface area contributed by atoms with Gasteiger partial charge < -0.3 is 14.8 Å². The molecule has 0 spiro atoms. The summed E-state index contributed by atoms with van der Waals surface area (Å²) in [5, 5.41) is 2.88. The van der Waals surface area contributed by atoms with Crippen LogP contribution in [0.3, 0.4) is 0 Å². The maximum atomic E-state index is 13.1. The number of aromatic nitrogens is 3. The van der Waals surface area contributed by atoms with Crippen LogP contribution in [-0.2, 0) is 17.9 Å². The van der Waals surface area contributed by atoms with Gasteiger partial charge >= 0.3 is 0 Å². The first-order valence-electron chi connectivity index (χ1n) is 9.74. The van der Waals surface area contributed by atoms with E-state index in [9.17, 15) is 9.59 Å². The molecule has 148 valence electrons. The van der Waals surface area contributed by atoms with Crippen LogP contribution >= 0.6 is 0 Å². The van der Waals surface area contributed by atoms with Gasteiger partial charge in [-0.25, -0.2) is 4.98 Å². The number of hydrogen-bond acceptors (Lipinski definition) is 4. The summed E-state index contributed by atoms with van der Waals surface area (Å²) in [6.07, 6.45) is 11.1. The van der Waals surface area contributed by atoms with E-state index in [0.29, 0.717) is 30.8 Å². The topological polar surface area (TPSA) is 80.1 Å². The second-order valence-corrected chi connectivity index (χ2v) is 7.20. The standard InChI is InChI=1S/C22H23N5O2/c28-21(8-12-26-13-11-24-16-26)25-19-3-1-2-18(14-19)22(29)27(20-4-5-20)15-17-6-9-23-10-7-17/h1-3,6-7,9-11,13-14,16,20H,4-5,8,12,15H2,(H,25,28). The summed E-state index contributed by atoms with van der Waals surface area (Å²) in [7, 11) is 0. The third-order valence-electron chi connectivity index (χ3n) is 4.90. The van der Waals surface area contributed by atoms with Crippen LogP contribution in [0, 0.1) is 0 Å². The van der Waals surface area contributed by atoms with E-state index < -0.39 is 0 Å². The number of carbonyl (C=O) groups excluding carboxylic acids is 2. The van der Waals surface area contributed by atoms with E-state index in [-0.39, 0.29) is 17.9 Å². The van der Waals surface area contributed by atoms with Gasteiger partial charge in [-0.15, -0.1) is 0 Å². The monoisotopic (exact) mass is 389 g/mol. The highest BCUT2D eigenvalue weighted by atomic mass is 16.2. The van der Waals surface area contributed by atoms with Gasteiger partial charge in [0, 0.05) is 61.6 Å².